The van der Waals surface area contributed by atoms with Crippen molar-refractivity contribution in [1.29, 1.82) is 0 Å². The summed E-state index contributed by atoms with van der Waals surface area (Å²) in [5, 5.41) is 2.23. The third kappa shape index (κ3) is 4.13. The fraction of sp³-hybridized carbons (Fsp3) is 0.176. The number of halogens is 5. The lowest BCUT2D eigenvalue weighted by Gasteiger charge is -2.22. The monoisotopic (exact) mass is 388 g/mol. The van der Waals surface area contributed by atoms with Crippen LogP contribution in [-0.2, 0) is 4.79 Å². The van der Waals surface area contributed by atoms with Gasteiger partial charge in [0.1, 0.15) is 5.82 Å². The number of anilines is 1. The molecule has 0 aliphatic heterocycles. The number of carbonyl (C=O) groups excluding carboxylic acids is 2. The molecule has 0 fully saturated rings. The first-order valence-corrected chi connectivity index (χ1v) is 7.75. The molecule has 26 heavy (non-hydrogen) atoms. The van der Waals surface area contributed by atoms with Crippen LogP contribution in [0.1, 0.15) is 17.3 Å². The Bertz CT molecular complexity index is 841. The number of carbonyl (C=O) groups is 2. The van der Waals surface area contributed by atoms with Crippen LogP contribution in [0.3, 0.4) is 0 Å². The van der Waals surface area contributed by atoms with Gasteiger partial charge in [0.15, 0.2) is 17.5 Å². The van der Waals surface area contributed by atoms with Crippen molar-refractivity contribution < 1.29 is 27.2 Å². The van der Waals surface area contributed by atoms with E-state index in [1.54, 1.807) is 0 Å². The fourth-order valence-corrected chi connectivity index (χ4v) is 2.50. The van der Waals surface area contributed by atoms with Gasteiger partial charge in [-0.15, -0.1) is 0 Å². The summed E-state index contributed by atoms with van der Waals surface area (Å²) in [4.78, 5) is 24.5. The maximum Gasteiger partial charge on any atom is 0.255 e. The molecule has 0 bridgehead atoms. The molecule has 4 nitrogen and oxygen atoms in total. The molecule has 2 aromatic carbocycles. The van der Waals surface area contributed by atoms with Crippen molar-refractivity contribution in [2.24, 2.45) is 0 Å². The van der Waals surface area contributed by atoms with Crippen molar-refractivity contribution in [3.63, 3.8) is 0 Å². The Morgan fingerprint density at radius 3 is 2.35 bits per heavy atom. The molecule has 138 valence electrons. The highest BCUT2D eigenvalue weighted by Gasteiger charge is 2.21. The van der Waals surface area contributed by atoms with Crippen LogP contribution >= 0.6 is 11.6 Å². The molecule has 0 aliphatic carbocycles. The van der Waals surface area contributed by atoms with Crippen molar-refractivity contribution in [3.8, 4) is 0 Å². The Morgan fingerprint density at radius 1 is 1.04 bits per heavy atom. The molecule has 0 saturated heterocycles. The molecule has 0 saturated carbocycles. The molecule has 0 unspecified atom stereocenters. The summed E-state index contributed by atoms with van der Waals surface area (Å²) in [6.07, 6.45) is 0. The number of benzene rings is 2. The van der Waals surface area contributed by atoms with Gasteiger partial charge in [-0.3, -0.25) is 9.59 Å². The van der Waals surface area contributed by atoms with Crippen molar-refractivity contribution in [2.45, 2.75) is 6.92 Å². The largest absolute Gasteiger partial charge is 0.350 e. The number of hydrogen-bond acceptors (Lipinski definition) is 2. The Hall–Kier alpha value is -2.61. The van der Waals surface area contributed by atoms with Crippen LogP contribution in [0.25, 0.3) is 0 Å². The van der Waals surface area contributed by atoms with Gasteiger partial charge in [-0.2, -0.15) is 0 Å². The van der Waals surface area contributed by atoms with E-state index < -0.39 is 40.8 Å². The molecule has 0 aromatic heterocycles. The van der Waals surface area contributed by atoms with Gasteiger partial charge in [-0.25, -0.2) is 17.6 Å². The Balaban J connectivity index is 2.12. The predicted octanol–water partition coefficient (Wildman–Crippen LogP) is 3.68. The lowest BCUT2D eigenvalue weighted by atomic mass is 10.2. The topological polar surface area (TPSA) is 49.4 Å². The number of hydrogen-bond donors (Lipinski definition) is 1. The molecular formula is C17H13ClF4N2O2. The molecule has 0 spiro atoms. The highest BCUT2D eigenvalue weighted by molar-refractivity contribution is 6.33. The third-order valence-corrected chi connectivity index (χ3v) is 3.81. The molecule has 9 heteroatoms. The summed E-state index contributed by atoms with van der Waals surface area (Å²) in [6, 6.07) is 5.31. The van der Waals surface area contributed by atoms with Gasteiger partial charge in [0.25, 0.3) is 5.91 Å². The maximum absolute atomic E-state index is 13.9. The highest BCUT2D eigenvalue weighted by atomic mass is 35.5. The number of amides is 2. The summed E-state index contributed by atoms with van der Waals surface area (Å²) in [7, 11) is 0. The summed E-state index contributed by atoms with van der Waals surface area (Å²) in [6.45, 7) is 0.632. The Kier molecular flexibility index (Phi) is 6.20. The minimum atomic E-state index is -1.71. The molecule has 2 rings (SSSR count). The van der Waals surface area contributed by atoms with Gasteiger partial charge >= 0.3 is 0 Å². The van der Waals surface area contributed by atoms with E-state index in [2.05, 4.69) is 5.32 Å². The predicted molar refractivity (Wildman–Crippen MR) is 88.1 cm³/mol. The second kappa shape index (κ2) is 8.18. The van der Waals surface area contributed by atoms with Crippen LogP contribution in [0, 0.1) is 23.3 Å². The second-order valence-electron chi connectivity index (χ2n) is 5.22. The van der Waals surface area contributed by atoms with E-state index in [0.29, 0.717) is 6.07 Å². The third-order valence-electron chi connectivity index (χ3n) is 3.50. The van der Waals surface area contributed by atoms with Crippen molar-refractivity contribution in [1.82, 2.24) is 5.32 Å². The molecule has 0 atom stereocenters. The normalized spacial score (nSPS) is 10.5. The molecule has 2 amide bonds. The van der Waals surface area contributed by atoms with Crippen LogP contribution in [0.2, 0.25) is 5.02 Å². The van der Waals surface area contributed by atoms with Crippen molar-refractivity contribution in [3.05, 3.63) is 64.2 Å². The first-order valence-electron chi connectivity index (χ1n) is 7.37. The van der Waals surface area contributed by atoms with E-state index in [1.807, 2.05) is 0 Å². The van der Waals surface area contributed by atoms with Gasteiger partial charge < -0.3 is 10.2 Å². The quantitative estimate of drug-likeness (QED) is 0.627. The zero-order valence-electron chi connectivity index (χ0n) is 13.5. The second-order valence-corrected chi connectivity index (χ2v) is 5.62. The number of nitrogens with zero attached hydrogens (tertiary/aromatic N) is 1. The van der Waals surface area contributed by atoms with Gasteiger partial charge in [-0.05, 0) is 24.3 Å². The van der Waals surface area contributed by atoms with Gasteiger partial charge in [-0.1, -0.05) is 17.7 Å². The van der Waals surface area contributed by atoms with Crippen LogP contribution < -0.4 is 10.2 Å². The Morgan fingerprint density at radius 2 is 1.73 bits per heavy atom. The van der Waals surface area contributed by atoms with Gasteiger partial charge in [0, 0.05) is 20.0 Å². The smallest absolute Gasteiger partial charge is 0.255 e. The standard InChI is InChI=1S/C17H13ClF4N2O2/c1-9(25)24(13-6-5-12(20)15(21)16(13)22)8-7-23-17(26)14-10(18)3-2-4-11(14)19/h2-6H,7-8H2,1H3,(H,23,26). The minimum Gasteiger partial charge on any atom is -0.350 e. The van der Waals surface area contributed by atoms with Crippen LogP contribution in [0.15, 0.2) is 30.3 Å². The van der Waals surface area contributed by atoms with E-state index in [0.717, 1.165) is 24.0 Å². The lowest BCUT2D eigenvalue weighted by Crippen LogP contribution is -2.38. The zero-order valence-corrected chi connectivity index (χ0v) is 14.2. The summed E-state index contributed by atoms with van der Waals surface area (Å²) < 4.78 is 53.9. The lowest BCUT2D eigenvalue weighted by molar-refractivity contribution is -0.116. The van der Waals surface area contributed by atoms with Crippen LogP contribution in [0.5, 0.6) is 0 Å². The average molecular weight is 389 g/mol. The Labute approximate surface area is 151 Å². The SMILES string of the molecule is CC(=O)N(CCNC(=O)c1c(F)cccc1Cl)c1ccc(F)c(F)c1F. The van der Waals surface area contributed by atoms with Crippen LogP contribution in [0.4, 0.5) is 23.2 Å². The number of rotatable bonds is 5. The summed E-state index contributed by atoms with van der Waals surface area (Å²) in [5.74, 6) is -6.95. The van der Waals surface area contributed by atoms with E-state index in [-0.39, 0.29) is 23.7 Å². The molecule has 1 N–H and O–H groups in total. The van der Waals surface area contributed by atoms with Gasteiger partial charge in [0.2, 0.25) is 5.91 Å². The fourth-order valence-electron chi connectivity index (χ4n) is 2.26. The minimum absolute atomic E-state index is 0.0995. The van der Waals surface area contributed by atoms with Crippen LogP contribution in [-0.4, -0.2) is 24.9 Å². The van der Waals surface area contributed by atoms with Crippen molar-refractivity contribution in [2.75, 3.05) is 18.0 Å². The molecule has 0 heterocycles. The summed E-state index contributed by atoms with van der Waals surface area (Å²) >= 11 is 5.77. The van der Waals surface area contributed by atoms with Crippen molar-refractivity contribution >= 4 is 29.1 Å². The van der Waals surface area contributed by atoms with E-state index in [9.17, 15) is 27.2 Å². The number of nitrogens with one attached hydrogen (secondary N) is 1. The molecule has 2 aromatic rings. The maximum atomic E-state index is 13.9. The first-order chi connectivity index (χ1) is 12.2. The highest BCUT2D eigenvalue weighted by Crippen LogP contribution is 2.24. The van der Waals surface area contributed by atoms with E-state index in [4.69, 9.17) is 11.6 Å². The van der Waals surface area contributed by atoms with E-state index in [1.165, 1.54) is 12.1 Å². The molecular weight excluding hydrogens is 376 g/mol. The zero-order chi connectivity index (χ0) is 19.4. The van der Waals surface area contributed by atoms with E-state index >= 15 is 0 Å². The molecule has 0 aliphatic rings. The average Bonchev–Trinajstić information content (AvgIpc) is 2.57. The van der Waals surface area contributed by atoms with Gasteiger partial charge in [0.05, 0.1) is 16.3 Å². The summed E-state index contributed by atoms with van der Waals surface area (Å²) in [5.41, 5.74) is -0.850. The molecule has 0 radical (unpaired) electrons. The first kappa shape index (κ1) is 19.7.